The van der Waals surface area contributed by atoms with Gasteiger partial charge in [0, 0.05) is 38.9 Å². The van der Waals surface area contributed by atoms with E-state index in [9.17, 15) is 4.39 Å². The summed E-state index contributed by atoms with van der Waals surface area (Å²) in [5.41, 5.74) is 4.32. The van der Waals surface area contributed by atoms with Crippen LogP contribution in [0.25, 0.3) is 22.3 Å². The van der Waals surface area contributed by atoms with Crippen LogP contribution in [0.3, 0.4) is 0 Å². The minimum atomic E-state index is -0.453. The van der Waals surface area contributed by atoms with Crippen LogP contribution in [0.15, 0.2) is 59.3 Å². The third-order valence-corrected chi connectivity index (χ3v) is 5.40. The molecule has 0 saturated heterocycles. The van der Waals surface area contributed by atoms with Gasteiger partial charge in [-0.15, -0.1) is 0 Å². The van der Waals surface area contributed by atoms with Crippen LogP contribution in [0, 0.1) is 5.82 Å². The summed E-state index contributed by atoms with van der Waals surface area (Å²) >= 11 is 3.53. The number of hydrogen-bond acceptors (Lipinski definition) is 3. The number of hydrogen-bond donors (Lipinski definition) is 1. The van der Waals surface area contributed by atoms with Crippen LogP contribution in [0.4, 0.5) is 4.39 Å². The molecule has 2 aromatic heterocycles. The molecule has 2 aromatic carbocycles. The fourth-order valence-electron chi connectivity index (χ4n) is 3.67. The Morgan fingerprint density at radius 2 is 1.96 bits per heavy atom. The van der Waals surface area contributed by atoms with Crippen molar-refractivity contribution < 1.29 is 9.13 Å². The van der Waals surface area contributed by atoms with Gasteiger partial charge in [-0.05, 0) is 42.3 Å². The van der Waals surface area contributed by atoms with Crippen LogP contribution in [-0.2, 0) is 11.2 Å². The number of fused-ring (bicyclic) bond motifs is 3. The average Bonchev–Trinajstić information content (AvgIpc) is 3.07. The molecule has 0 fully saturated rings. The second-order valence-electron chi connectivity index (χ2n) is 6.52. The number of aromatic amines is 1. The number of halogens is 2. The Bertz CT molecular complexity index is 1140. The van der Waals surface area contributed by atoms with Crippen LogP contribution in [0.5, 0.6) is 0 Å². The van der Waals surface area contributed by atoms with Crippen LogP contribution in [0.2, 0.25) is 0 Å². The standard InChI is InChI=1S/C21H15BrFN3O/c22-13-3-5-18-16(11-13)14-6-9-27-20(19(14)26-18)15-4-2-12(10-17(15)23)21-24-7-1-8-25-21/h1-5,7-8,10-11,20,26H,6,9H2. The zero-order valence-corrected chi connectivity index (χ0v) is 15.8. The first-order valence-corrected chi connectivity index (χ1v) is 9.48. The van der Waals surface area contributed by atoms with Gasteiger partial charge in [-0.1, -0.05) is 28.1 Å². The molecular weight excluding hydrogens is 409 g/mol. The third-order valence-electron chi connectivity index (χ3n) is 4.91. The summed E-state index contributed by atoms with van der Waals surface area (Å²) in [5, 5.41) is 1.15. The summed E-state index contributed by atoms with van der Waals surface area (Å²) < 4.78 is 22.0. The summed E-state index contributed by atoms with van der Waals surface area (Å²) in [6.45, 7) is 0.556. The number of nitrogens with one attached hydrogen (secondary N) is 1. The molecule has 6 heteroatoms. The minimum absolute atomic E-state index is 0.322. The fourth-order valence-corrected chi connectivity index (χ4v) is 4.03. The van der Waals surface area contributed by atoms with Crippen molar-refractivity contribution in [2.24, 2.45) is 0 Å². The van der Waals surface area contributed by atoms with Crippen molar-refractivity contribution >= 4 is 26.8 Å². The van der Waals surface area contributed by atoms with Gasteiger partial charge < -0.3 is 9.72 Å². The Morgan fingerprint density at radius 3 is 2.78 bits per heavy atom. The van der Waals surface area contributed by atoms with Gasteiger partial charge in [0.2, 0.25) is 0 Å². The highest BCUT2D eigenvalue weighted by molar-refractivity contribution is 9.10. The Morgan fingerprint density at radius 1 is 1.11 bits per heavy atom. The minimum Gasteiger partial charge on any atom is -0.367 e. The highest BCUT2D eigenvalue weighted by atomic mass is 79.9. The number of aromatic nitrogens is 3. The van der Waals surface area contributed by atoms with Gasteiger partial charge >= 0.3 is 0 Å². The van der Waals surface area contributed by atoms with Crippen LogP contribution >= 0.6 is 15.9 Å². The van der Waals surface area contributed by atoms with Gasteiger partial charge in [-0.3, -0.25) is 0 Å². The predicted molar refractivity (Wildman–Crippen MR) is 105 cm³/mol. The molecule has 3 heterocycles. The lowest BCUT2D eigenvalue weighted by Crippen LogP contribution is -2.18. The lowest BCUT2D eigenvalue weighted by molar-refractivity contribution is 0.0654. The molecule has 4 nitrogen and oxygen atoms in total. The number of benzene rings is 2. The first-order valence-electron chi connectivity index (χ1n) is 8.69. The molecule has 1 N–H and O–H groups in total. The summed E-state index contributed by atoms with van der Waals surface area (Å²) in [7, 11) is 0. The second kappa shape index (κ2) is 6.55. The van der Waals surface area contributed by atoms with E-state index in [4.69, 9.17) is 4.74 Å². The van der Waals surface area contributed by atoms with Crippen LogP contribution in [0.1, 0.15) is 22.9 Å². The molecule has 27 heavy (non-hydrogen) atoms. The highest BCUT2D eigenvalue weighted by Gasteiger charge is 2.28. The molecule has 1 aliphatic heterocycles. The molecule has 1 aliphatic rings. The molecule has 134 valence electrons. The maximum Gasteiger partial charge on any atom is 0.159 e. The molecule has 1 unspecified atom stereocenters. The van der Waals surface area contributed by atoms with E-state index in [-0.39, 0.29) is 5.82 Å². The van der Waals surface area contributed by atoms with Crippen LogP contribution in [-0.4, -0.2) is 21.6 Å². The molecule has 5 rings (SSSR count). The van der Waals surface area contributed by atoms with Crippen molar-refractivity contribution in [3.8, 4) is 11.4 Å². The second-order valence-corrected chi connectivity index (χ2v) is 7.43. The smallest absolute Gasteiger partial charge is 0.159 e. The van der Waals surface area contributed by atoms with Crippen molar-refractivity contribution in [3.63, 3.8) is 0 Å². The quantitative estimate of drug-likeness (QED) is 0.482. The number of ether oxygens (including phenoxy) is 1. The zero-order valence-electron chi connectivity index (χ0n) is 14.2. The topological polar surface area (TPSA) is 50.8 Å². The van der Waals surface area contributed by atoms with E-state index in [0.717, 1.165) is 27.5 Å². The highest BCUT2D eigenvalue weighted by Crippen LogP contribution is 2.38. The lowest BCUT2D eigenvalue weighted by atomic mass is 9.96. The summed E-state index contributed by atoms with van der Waals surface area (Å²) in [6, 6.07) is 12.9. The van der Waals surface area contributed by atoms with E-state index in [2.05, 4.69) is 36.9 Å². The molecule has 0 spiro atoms. The SMILES string of the molecule is Fc1cc(-c2ncccn2)ccc1C1OCCc2c1[nH]c1ccc(Br)cc21. The van der Waals surface area contributed by atoms with Crippen molar-refractivity contribution in [2.45, 2.75) is 12.5 Å². The lowest BCUT2D eigenvalue weighted by Gasteiger charge is -2.24. The monoisotopic (exact) mass is 423 g/mol. The Balaban J connectivity index is 1.59. The molecule has 0 radical (unpaired) electrons. The maximum atomic E-state index is 15.0. The van der Waals surface area contributed by atoms with E-state index >= 15 is 0 Å². The number of nitrogens with zero attached hydrogens (tertiary/aromatic N) is 2. The van der Waals surface area contributed by atoms with Gasteiger partial charge in [0.15, 0.2) is 5.82 Å². The van der Waals surface area contributed by atoms with Crippen molar-refractivity contribution in [1.82, 2.24) is 15.0 Å². The van der Waals surface area contributed by atoms with Gasteiger partial charge in [-0.2, -0.15) is 0 Å². The number of rotatable bonds is 2. The number of H-pyrrole nitrogens is 1. The van der Waals surface area contributed by atoms with Gasteiger partial charge in [0.25, 0.3) is 0 Å². The molecule has 1 atom stereocenters. The van der Waals surface area contributed by atoms with E-state index in [1.165, 1.54) is 11.6 Å². The van der Waals surface area contributed by atoms with Crippen molar-refractivity contribution in [2.75, 3.05) is 6.61 Å². The summed E-state index contributed by atoms with van der Waals surface area (Å²) in [4.78, 5) is 11.8. The summed E-state index contributed by atoms with van der Waals surface area (Å²) in [5.74, 6) is 0.182. The average molecular weight is 424 g/mol. The van der Waals surface area contributed by atoms with Gasteiger partial charge in [-0.25, -0.2) is 14.4 Å². The van der Waals surface area contributed by atoms with E-state index in [1.54, 1.807) is 24.5 Å². The normalized spacial score (nSPS) is 16.4. The predicted octanol–water partition coefficient (Wildman–Crippen LogP) is 5.19. The largest absolute Gasteiger partial charge is 0.367 e. The van der Waals surface area contributed by atoms with Crippen LogP contribution < -0.4 is 0 Å². The molecule has 4 aromatic rings. The fraction of sp³-hybridized carbons (Fsp3) is 0.143. The van der Waals surface area contributed by atoms with Crippen molar-refractivity contribution in [1.29, 1.82) is 0 Å². The molecular formula is C21H15BrFN3O. The Hall–Kier alpha value is -2.57. The molecule has 0 aliphatic carbocycles. The summed E-state index contributed by atoms with van der Waals surface area (Å²) in [6.07, 6.45) is 3.64. The van der Waals surface area contributed by atoms with E-state index in [1.807, 2.05) is 18.2 Å². The third kappa shape index (κ3) is 2.85. The zero-order chi connectivity index (χ0) is 18.4. The Labute approximate surface area is 163 Å². The Kier molecular flexibility index (Phi) is 4.02. The first kappa shape index (κ1) is 16.6. The molecule has 0 saturated carbocycles. The van der Waals surface area contributed by atoms with E-state index in [0.29, 0.717) is 23.6 Å². The van der Waals surface area contributed by atoms with Gasteiger partial charge in [0.1, 0.15) is 11.9 Å². The van der Waals surface area contributed by atoms with E-state index < -0.39 is 6.10 Å². The molecule has 0 bridgehead atoms. The molecule has 0 amide bonds. The van der Waals surface area contributed by atoms with Crippen molar-refractivity contribution in [3.05, 3.63) is 82.0 Å². The van der Waals surface area contributed by atoms with Gasteiger partial charge in [0.05, 0.1) is 12.3 Å². The maximum absolute atomic E-state index is 15.0. The first-order chi connectivity index (χ1) is 13.2.